The van der Waals surface area contributed by atoms with E-state index in [2.05, 4.69) is 41.0 Å². The molecular formula is C22H26N4O. The molecule has 4 rings (SSSR count). The number of benzene rings is 1. The molecule has 1 aliphatic rings. The second-order valence-corrected chi connectivity index (χ2v) is 7.43. The monoisotopic (exact) mass is 362 g/mol. The average Bonchev–Trinajstić information content (AvgIpc) is 2.65. The second-order valence-electron chi connectivity index (χ2n) is 7.43. The third-order valence-electron chi connectivity index (χ3n) is 5.44. The molecule has 3 aromatic rings. The molecule has 0 N–H and O–H groups in total. The van der Waals surface area contributed by atoms with Crippen molar-refractivity contribution < 1.29 is 0 Å². The molecule has 0 saturated carbocycles. The van der Waals surface area contributed by atoms with Crippen LogP contribution >= 0.6 is 0 Å². The molecule has 0 bridgehead atoms. The summed E-state index contributed by atoms with van der Waals surface area (Å²) >= 11 is 0. The highest BCUT2D eigenvalue weighted by atomic mass is 16.1. The zero-order valence-corrected chi connectivity index (χ0v) is 16.1. The van der Waals surface area contributed by atoms with Gasteiger partial charge in [-0.1, -0.05) is 30.3 Å². The predicted octanol–water partition coefficient (Wildman–Crippen LogP) is 2.63. The number of piperazine rings is 1. The number of aryl methyl sites for hydroxylation is 2. The third-order valence-corrected chi connectivity index (χ3v) is 5.44. The van der Waals surface area contributed by atoms with Crippen LogP contribution in [-0.2, 0) is 13.1 Å². The van der Waals surface area contributed by atoms with E-state index in [0.717, 1.165) is 56.3 Å². The van der Waals surface area contributed by atoms with E-state index in [1.807, 2.05) is 25.1 Å². The van der Waals surface area contributed by atoms with E-state index in [1.165, 1.54) is 11.1 Å². The Hall–Kier alpha value is -2.50. The second kappa shape index (κ2) is 7.62. The molecule has 0 atom stereocenters. The smallest absolute Gasteiger partial charge is 0.258 e. The lowest BCUT2D eigenvalue weighted by molar-refractivity contribution is 0.121. The van der Waals surface area contributed by atoms with Crippen molar-refractivity contribution in [2.75, 3.05) is 26.2 Å². The third kappa shape index (κ3) is 3.94. The maximum absolute atomic E-state index is 12.4. The van der Waals surface area contributed by atoms with Gasteiger partial charge in [-0.05, 0) is 37.1 Å². The van der Waals surface area contributed by atoms with Crippen molar-refractivity contribution in [3.63, 3.8) is 0 Å². The van der Waals surface area contributed by atoms with E-state index < -0.39 is 0 Å². The Kier molecular flexibility index (Phi) is 5.05. The summed E-state index contributed by atoms with van der Waals surface area (Å²) in [5.74, 6) is 0. The molecule has 2 aromatic heterocycles. The van der Waals surface area contributed by atoms with Crippen LogP contribution < -0.4 is 5.56 Å². The first kappa shape index (κ1) is 17.9. The van der Waals surface area contributed by atoms with Gasteiger partial charge < -0.3 is 0 Å². The standard InChI is InChI=1S/C22H26N4O/c1-17-6-3-4-8-19(17)15-24-10-12-25(13-11-24)16-20-14-22(27)26-18(2)7-5-9-21(26)23-20/h3-9,14H,10-13,15-16H2,1-2H3. The van der Waals surface area contributed by atoms with Crippen LogP contribution in [0.2, 0.25) is 0 Å². The Morgan fingerprint density at radius 1 is 0.889 bits per heavy atom. The van der Waals surface area contributed by atoms with Crippen molar-refractivity contribution in [3.8, 4) is 0 Å². The zero-order valence-electron chi connectivity index (χ0n) is 16.1. The zero-order chi connectivity index (χ0) is 18.8. The van der Waals surface area contributed by atoms with E-state index in [1.54, 1.807) is 10.5 Å². The maximum Gasteiger partial charge on any atom is 0.258 e. The molecule has 1 fully saturated rings. The molecule has 0 spiro atoms. The Balaban J connectivity index is 1.40. The van der Waals surface area contributed by atoms with Crippen LogP contribution in [0.1, 0.15) is 22.5 Å². The highest BCUT2D eigenvalue weighted by Crippen LogP contribution is 2.13. The molecule has 0 radical (unpaired) electrons. The first-order chi connectivity index (χ1) is 13.1. The minimum Gasteiger partial charge on any atom is -0.297 e. The molecule has 0 aliphatic carbocycles. The van der Waals surface area contributed by atoms with E-state index in [-0.39, 0.29) is 5.56 Å². The lowest BCUT2D eigenvalue weighted by Crippen LogP contribution is -2.45. The molecule has 3 heterocycles. The number of hydrogen-bond acceptors (Lipinski definition) is 4. The van der Waals surface area contributed by atoms with E-state index in [4.69, 9.17) is 4.98 Å². The van der Waals surface area contributed by atoms with Gasteiger partial charge >= 0.3 is 0 Å². The lowest BCUT2D eigenvalue weighted by atomic mass is 10.1. The van der Waals surface area contributed by atoms with E-state index in [9.17, 15) is 4.79 Å². The summed E-state index contributed by atoms with van der Waals surface area (Å²) in [5.41, 5.74) is 5.28. The quantitative estimate of drug-likeness (QED) is 0.715. The van der Waals surface area contributed by atoms with Crippen LogP contribution in [0.4, 0.5) is 0 Å². The Bertz CT molecular complexity index is 1000. The van der Waals surface area contributed by atoms with Crippen LogP contribution in [0.5, 0.6) is 0 Å². The highest BCUT2D eigenvalue weighted by Gasteiger charge is 2.18. The van der Waals surface area contributed by atoms with E-state index in [0.29, 0.717) is 0 Å². The van der Waals surface area contributed by atoms with Gasteiger partial charge in [0.05, 0.1) is 5.69 Å². The van der Waals surface area contributed by atoms with Gasteiger partial charge in [-0.2, -0.15) is 0 Å². The van der Waals surface area contributed by atoms with Crippen molar-refractivity contribution >= 4 is 5.65 Å². The molecule has 5 nitrogen and oxygen atoms in total. The summed E-state index contributed by atoms with van der Waals surface area (Å²) in [6.45, 7) is 9.94. The Morgan fingerprint density at radius 2 is 1.59 bits per heavy atom. The fourth-order valence-electron chi connectivity index (χ4n) is 3.81. The maximum atomic E-state index is 12.4. The van der Waals surface area contributed by atoms with Crippen molar-refractivity contribution in [3.05, 3.63) is 81.4 Å². The highest BCUT2D eigenvalue weighted by molar-refractivity contribution is 5.40. The number of nitrogens with zero attached hydrogens (tertiary/aromatic N) is 4. The summed E-state index contributed by atoms with van der Waals surface area (Å²) in [4.78, 5) is 22.0. The number of pyridine rings is 1. The van der Waals surface area contributed by atoms with Crippen molar-refractivity contribution in [2.45, 2.75) is 26.9 Å². The summed E-state index contributed by atoms with van der Waals surface area (Å²) in [5, 5.41) is 0. The number of fused-ring (bicyclic) bond motifs is 1. The van der Waals surface area contributed by atoms with Gasteiger partial charge in [0.15, 0.2) is 0 Å². The molecule has 1 saturated heterocycles. The average molecular weight is 362 g/mol. The fourth-order valence-corrected chi connectivity index (χ4v) is 3.81. The van der Waals surface area contributed by atoms with Crippen LogP contribution in [-0.4, -0.2) is 45.4 Å². The first-order valence-electron chi connectivity index (χ1n) is 9.58. The molecule has 5 heteroatoms. The number of hydrogen-bond donors (Lipinski definition) is 0. The number of rotatable bonds is 4. The number of aromatic nitrogens is 2. The van der Waals surface area contributed by atoms with E-state index >= 15 is 0 Å². The Morgan fingerprint density at radius 3 is 2.33 bits per heavy atom. The van der Waals surface area contributed by atoms with Crippen LogP contribution in [0.15, 0.2) is 53.3 Å². The van der Waals surface area contributed by atoms with Gasteiger partial charge in [-0.25, -0.2) is 4.98 Å². The molecule has 27 heavy (non-hydrogen) atoms. The molecule has 1 aliphatic heterocycles. The fraction of sp³-hybridized carbons (Fsp3) is 0.364. The van der Waals surface area contributed by atoms with Crippen LogP contribution in [0, 0.1) is 13.8 Å². The minimum absolute atomic E-state index is 0.00582. The normalized spacial score (nSPS) is 16.1. The molecule has 0 amide bonds. The summed E-state index contributed by atoms with van der Waals surface area (Å²) in [6, 6.07) is 16.1. The predicted molar refractivity (Wildman–Crippen MR) is 108 cm³/mol. The summed E-state index contributed by atoms with van der Waals surface area (Å²) in [6.07, 6.45) is 0. The summed E-state index contributed by atoms with van der Waals surface area (Å²) in [7, 11) is 0. The van der Waals surface area contributed by atoms with Crippen molar-refractivity contribution in [1.82, 2.24) is 19.2 Å². The van der Waals surface area contributed by atoms with Crippen LogP contribution in [0.25, 0.3) is 5.65 Å². The molecule has 0 unspecified atom stereocenters. The van der Waals surface area contributed by atoms with Gasteiger partial charge in [-0.3, -0.25) is 19.0 Å². The minimum atomic E-state index is 0.00582. The summed E-state index contributed by atoms with van der Waals surface area (Å²) < 4.78 is 1.67. The topological polar surface area (TPSA) is 40.9 Å². The Labute approximate surface area is 159 Å². The van der Waals surface area contributed by atoms with Gasteiger partial charge in [0.1, 0.15) is 5.65 Å². The van der Waals surface area contributed by atoms with Gasteiger partial charge in [0.25, 0.3) is 5.56 Å². The van der Waals surface area contributed by atoms with Gasteiger partial charge in [-0.15, -0.1) is 0 Å². The molecular weight excluding hydrogens is 336 g/mol. The van der Waals surface area contributed by atoms with Gasteiger partial charge in [0, 0.05) is 51.0 Å². The molecule has 140 valence electrons. The largest absolute Gasteiger partial charge is 0.297 e. The first-order valence-corrected chi connectivity index (χ1v) is 9.58. The van der Waals surface area contributed by atoms with Crippen molar-refractivity contribution in [2.24, 2.45) is 0 Å². The van der Waals surface area contributed by atoms with Crippen molar-refractivity contribution in [1.29, 1.82) is 0 Å². The molecule has 1 aromatic carbocycles. The SMILES string of the molecule is Cc1ccccc1CN1CCN(Cc2cc(=O)n3c(C)cccc3n2)CC1. The lowest BCUT2D eigenvalue weighted by Gasteiger charge is -2.34. The van der Waals surface area contributed by atoms with Gasteiger partial charge in [0.2, 0.25) is 0 Å². The van der Waals surface area contributed by atoms with Crippen LogP contribution in [0.3, 0.4) is 0 Å².